The van der Waals surface area contributed by atoms with Crippen LogP contribution < -0.4 is 10.5 Å². The van der Waals surface area contributed by atoms with E-state index in [1.807, 2.05) is 32.0 Å². The van der Waals surface area contributed by atoms with Gasteiger partial charge in [0.15, 0.2) is 6.61 Å². The van der Waals surface area contributed by atoms with Crippen molar-refractivity contribution in [2.45, 2.75) is 20.5 Å². The second-order valence-corrected chi connectivity index (χ2v) is 3.61. The number of hydrogen-bond acceptors (Lipinski definition) is 4. The minimum atomic E-state index is 0.318. The van der Waals surface area contributed by atoms with E-state index in [9.17, 15) is 0 Å². The average Bonchev–Trinajstić information content (AvgIpc) is 2.56. The molecular formula is C12H14N2O2. The Bertz CT molecular complexity index is 472. The summed E-state index contributed by atoms with van der Waals surface area (Å²) in [6.45, 7) is 4.10. The predicted octanol–water partition coefficient (Wildman–Crippen LogP) is 2.45. The third-order valence-electron chi connectivity index (χ3n) is 2.29. The molecule has 0 spiro atoms. The molecule has 0 aliphatic rings. The third-order valence-corrected chi connectivity index (χ3v) is 2.29. The number of nitrogen functional groups attached to an aromatic ring is 1. The van der Waals surface area contributed by atoms with Crippen molar-refractivity contribution < 1.29 is 9.15 Å². The summed E-state index contributed by atoms with van der Waals surface area (Å²) < 4.78 is 10.9. The smallest absolute Gasteiger partial charge is 0.232 e. The molecule has 0 unspecified atom stereocenters. The molecule has 1 aromatic heterocycles. The van der Waals surface area contributed by atoms with Crippen molar-refractivity contribution in [1.82, 2.24) is 4.98 Å². The van der Waals surface area contributed by atoms with Crippen LogP contribution in [0.25, 0.3) is 0 Å². The molecule has 1 heterocycles. The van der Waals surface area contributed by atoms with Gasteiger partial charge in [-0.3, -0.25) is 0 Å². The van der Waals surface area contributed by atoms with Gasteiger partial charge in [-0.15, -0.1) is 0 Å². The monoisotopic (exact) mass is 218 g/mol. The lowest BCUT2D eigenvalue weighted by Crippen LogP contribution is -1.96. The molecule has 0 saturated carbocycles. The van der Waals surface area contributed by atoms with Crippen molar-refractivity contribution in [3.63, 3.8) is 0 Å². The van der Waals surface area contributed by atoms with Gasteiger partial charge >= 0.3 is 0 Å². The quantitative estimate of drug-likeness (QED) is 0.804. The molecule has 0 fully saturated rings. The fourth-order valence-electron chi connectivity index (χ4n) is 1.35. The molecule has 4 nitrogen and oxygen atoms in total. The summed E-state index contributed by atoms with van der Waals surface area (Å²) in [7, 11) is 0. The highest BCUT2D eigenvalue weighted by molar-refractivity contribution is 5.43. The van der Waals surface area contributed by atoms with E-state index in [1.54, 1.807) is 6.07 Å². The number of oxazole rings is 1. The maximum Gasteiger partial charge on any atom is 0.232 e. The van der Waals surface area contributed by atoms with Crippen LogP contribution in [0.4, 0.5) is 5.69 Å². The largest absolute Gasteiger partial charge is 0.484 e. The Balaban J connectivity index is 2.02. The highest BCUT2D eigenvalue weighted by Crippen LogP contribution is 2.16. The number of benzene rings is 1. The normalized spacial score (nSPS) is 10.4. The highest BCUT2D eigenvalue weighted by Gasteiger charge is 2.05. The van der Waals surface area contributed by atoms with Crippen LogP contribution in [-0.2, 0) is 6.61 Å². The summed E-state index contributed by atoms with van der Waals surface area (Å²) in [5.74, 6) is 2.12. The number of ether oxygens (including phenoxy) is 1. The SMILES string of the molecule is Cc1nc(COc2cccc(N)c2)oc1C. The highest BCUT2D eigenvalue weighted by atomic mass is 16.5. The van der Waals surface area contributed by atoms with Gasteiger partial charge < -0.3 is 14.9 Å². The summed E-state index contributed by atoms with van der Waals surface area (Å²) in [6.07, 6.45) is 0. The van der Waals surface area contributed by atoms with E-state index in [2.05, 4.69) is 4.98 Å². The summed E-state index contributed by atoms with van der Waals surface area (Å²) >= 11 is 0. The molecule has 0 radical (unpaired) electrons. The number of nitrogens with zero attached hydrogens (tertiary/aromatic N) is 1. The van der Waals surface area contributed by atoms with Crippen molar-refractivity contribution in [1.29, 1.82) is 0 Å². The molecule has 0 bridgehead atoms. The number of hydrogen-bond donors (Lipinski definition) is 1. The van der Waals surface area contributed by atoms with E-state index in [0.717, 1.165) is 11.5 Å². The van der Waals surface area contributed by atoms with Crippen molar-refractivity contribution in [2.24, 2.45) is 0 Å². The first-order valence-corrected chi connectivity index (χ1v) is 5.06. The summed E-state index contributed by atoms with van der Waals surface area (Å²) in [5, 5.41) is 0. The van der Waals surface area contributed by atoms with Gasteiger partial charge in [0.25, 0.3) is 0 Å². The minimum absolute atomic E-state index is 0.318. The van der Waals surface area contributed by atoms with Crippen molar-refractivity contribution in [3.05, 3.63) is 41.6 Å². The number of rotatable bonds is 3. The number of aromatic nitrogens is 1. The van der Waals surface area contributed by atoms with E-state index in [0.29, 0.717) is 23.9 Å². The molecule has 2 aromatic rings. The predicted molar refractivity (Wildman–Crippen MR) is 61.2 cm³/mol. The Hall–Kier alpha value is -1.97. The molecule has 1 aromatic carbocycles. The Morgan fingerprint density at radius 2 is 2.19 bits per heavy atom. The van der Waals surface area contributed by atoms with Crippen LogP contribution in [0.2, 0.25) is 0 Å². The molecule has 0 amide bonds. The maximum absolute atomic E-state index is 5.64. The van der Waals surface area contributed by atoms with Crippen LogP contribution in [0.1, 0.15) is 17.3 Å². The van der Waals surface area contributed by atoms with Crippen LogP contribution in [0.5, 0.6) is 5.75 Å². The van der Waals surface area contributed by atoms with Crippen LogP contribution in [0.15, 0.2) is 28.7 Å². The second kappa shape index (κ2) is 4.26. The van der Waals surface area contributed by atoms with Crippen LogP contribution >= 0.6 is 0 Å². The van der Waals surface area contributed by atoms with Gasteiger partial charge in [0, 0.05) is 11.8 Å². The second-order valence-electron chi connectivity index (χ2n) is 3.61. The first-order chi connectivity index (χ1) is 7.65. The van der Waals surface area contributed by atoms with Crippen LogP contribution in [-0.4, -0.2) is 4.98 Å². The molecule has 0 aliphatic heterocycles. The summed E-state index contributed by atoms with van der Waals surface area (Å²) in [6, 6.07) is 7.27. The van der Waals surface area contributed by atoms with Crippen molar-refractivity contribution in [3.8, 4) is 5.75 Å². The van der Waals surface area contributed by atoms with E-state index in [1.165, 1.54) is 0 Å². The fraction of sp³-hybridized carbons (Fsp3) is 0.250. The lowest BCUT2D eigenvalue weighted by molar-refractivity contribution is 0.260. The summed E-state index contributed by atoms with van der Waals surface area (Å²) in [4.78, 5) is 4.22. The first kappa shape index (κ1) is 10.5. The third kappa shape index (κ3) is 2.34. The molecule has 4 heteroatoms. The number of nitrogens with two attached hydrogens (primary N) is 1. The molecule has 2 N–H and O–H groups in total. The first-order valence-electron chi connectivity index (χ1n) is 5.06. The molecule has 84 valence electrons. The van der Waals surface area contributed by atoms with Gasteiger partial charge in [0.1, 0.15) is 11.5 Å². The lowest BCUT2D eigenvalue weighted by Gasteiger charge is -2.03. The topological polar surface area (TPSA) is 61.3 Å². The molecular weight excluding hydrogens is 204 g/mol. The number of aryl methyl sites for hydroxylation is 2. The Morgan fingerprint density at radius 3 is 2.81 bits per heavy atom. The summed E-state index contributed by atoms with van der Waals surface area (Å²) in [5.41, 5.74) is 7.21. The van der Waals surface area contributed by atoms with Crippen molar-refractivity contribution >= 4 is 5.69 Å². The molecule has 2 rings (SSSR count). The van der Waals surface area contributed by atoms with Crippen LogP contribution in [0.3, 0.4) is 0 Å². The van der Waals surface area contributed by atoms with Gasteiger partial charge in [-0.05, 0) is 26.0 Å². The Morgan fingerprint density at radius 1 is 1.38 bits per heavy atom. The average molecular weight is 218 g/mol. The zero-order valence-electron chi connectivity index (χ0n) is 9.36. The van der Waals surface area contributed by atoms with Gasteiger partial charge in [-0.25, -0.2) is 4.98 Å². The van der Waals surface area contributed by atoms with Crippen LogP contribution in [0, 0.1) is 13.8 Å². The lowest BCUT2D eigenvalue weighted by atomic mass is 10.3. The Kier molecular flexibility index (Phi) is 2.81. The maximum atomic E-state index is 5.64. The van der Waals surface area contributed by atoms with E-state index in [-0.39, 0.29) is 0 Å². The number of anilines is 1. The zero-order valence-corrected chi connectivity index (χ0v) is 9.36. The van der Waals surface area contributed by atoms with Crippen molar-refractivity contribution in [2.75, 3.05) is 5.73 Å². The van der Waals surface area contributed by atoms with E-state index >= 15 is 0 Å². The molecule has 0 aliphatic carbocycles. The van der Waals surface area contributed by atoms with Gasteiger partial charge in [0.05, 0.1) is 5.69 Å². The van der Waals surface area contributed by atoms with E-state index in [4.69, 9.17) is 14.9 Å². The molecule has 0 atom stereocenters. The van der Waals surface area contributed by atoms with Gasteiger partial charge in [-0.2, -0.15) is 0 Å². The fourth-order valence-corrected chi connectivity index (χ4v) is 1.35. The molecule has 16 heavy (non-hydrogen) atoms. The molecule has 0 saturated heterocycles. The minimum Gasteiger partial charge on any atom is -0.484 e. The standard InChI is InChI=1S/C12H14N2O2/c1-8-9(2)16-12(14-8)7-15-11-5-3-4-10(13)6-11/h3-6H,7,13H2,1-2H3. The Labute approximate surface area is 94.1 Å². The van der Waals surface area contributed by atoms with Gasteiger partial charge in [0.2, 0.25) is 5.89 Å². The van der Waals surface area contributed by atoms with E-state index < -0.39 is 0 Å². The zero-order chi connectivity index (χ0) is 11.5. The van der Waals surface area contributed by atoms with Gasteiger partial charge in [-0.1, -0.05) is 6.07 Å².